The minimum absolute atomic E-state index is 0.0670. The number of fused-ring (bicyclic) bond motifs is 1. The lowest BCUT2D eigenvalue weighted by atomic mass is 9.99. The lowest BCUT2D eigenvalue weighted by Gasteiger charge is -2.32. The summed E-state index contributed by atoms with van der Waals surface area (Å²) in [6, 6.07) is 1.16. The Labute approximate surface area is 136 Å². The van der Waals surface area contributed by atoms with Crippen LogP contribution in [0.1, 0.15) is 55.1 Å². The van der Waals surface area contributed by atoms with E-state index in [4.69, 9.17) is 0 Å². The molecular formula is C16H26N6O. The van der Waals surface area contributed by atoms with Crippen molar-refractivity contribution < 1.29 is 4.79 Å². The van der Waals surface area contributed by atoms with Crippen LogP contribution in [0.3, 0.4) is 0 Å². The molecule has 23 heavy (non-hydrogen) atoms. The largest absolute Gasteiger partial charge is 0.346 e. The van der Waals surface area contributed by atoms with Crippen LogP contribution in [0, 0.1) is 0 Å². The van der Waals surface area contributed by atoms with Crippen LogP contribution in [-0.4, -0.2) is 64.1 Å². The van der Waals surface area contributed by atoms with Gasteiger partial charge < -0.3 is 10.6 Å². The van der Waals surface area contributed by atoms with Gasteiger partial charge in [-0.15, -0.1) is 5.10 Å². The van der Waals surface area contributed by atoms with E-state index in [1.807, 2.05) is 10.9 Å². The number of hydrogen-bond acceptors (Lipinski definition) is 5. The number of amides is 1. The lowest BCUT2D eigenvalue weighted by Crippen LogP contribution is -2.46. The Hall–Kier alpha value is -1.47. The van der Waals surface area contributed by atoms with Crippen molar-refractivity contribution in [2.45, 2.75) is 56.7 Å². The molecule has 1 amide bonds. The second-order valence-corrected chi connectivity index (χ2v) is 7.03. The molecule has 0 spiro atoms. The standard InChI is InChI=1S/C16H26N6O/c23-16(18-13-6-10-21-9-2-1-3-15(13)21)14-11-22(20-19-14)12-4-7-17-8-5-12/h11-13,15,17H,1-10H2,(H,18,23). The number of hydrogen-bond donors (Lipinski definition) is 2. The summed E-state index contributed by atoms with van der Waals surface area (Å²) in [6.45, 7) is 4.30. The van der Waals surface area contributed by atoms with Crippen molar-refractivity contribution in [2.75, 3.05) is 26.2 Å². The van der Waals surface area contributed by atoms with Crippen LogP contribution in [0.5, 0.6) is 0 Å². The van der Waals surface area contributed by atoms with Crippen LogP contribution in [0.15, 0.2) is 6.20 Å². The molecule has 0 aliphatic carbocycles. The molecule has 1 aromatic rings. The molecule has 0 saturated carbocycles. The number of carbonyl (C=O) groups excluding carboxylic acids is 1. The summed E-state index contributed by atoms with van der Waals surface area (Å²) in [5.74, 6) is -0.0670. The predicted molar refractivity (Wildman–Crippen MR) is 86.2 cm³/mol. The highest BCUT2D eigenvalue weighted by Gasteiger charge is 2.36. The number of carbonyl (C=O) groups is 1. The van der Waals surface area contributed by atoms with Gasteiger partial charge in [-0.05, 0) is 51.7 Å². The number of piperidine rings is 2. The molecule has 0 radical (unpaired) electrons. The average Bonchev–Trinajstić information content (AvgIpc) is 3.24. The van der Waals surface area contributed by atoms with Crippen molar-refractivity contribution in [1.82, 2.24) is 30.5 Å². The van der Waals surface area contributed by atoms with Gasteiger partial charge in [0.05, 0.1) is 12.2 Å². The van der Waals surface area contributed by atoms with Crippen LogP contribution in [0.2, 0.25) is 0 Å². The minimum Gasteiger partial charge on any atom is -0.346 e. The molecule has 3 aliphatic heterocycles. The van der Waals surface area contributed by atoms with Crippen molar-refractivity contribution in [3.63, 3.8) is 0 Å². The summed E-state index contributed by atoms with van der Waals surface area (Å²) in [5.41, 5.74) is 0.456. The fourth-order valence-corrected chi connectivity index (χ4v) is 4.29. The fraction of sp³-hybridized carbons (Fsp3) is 0.812. The van der Waals surface area contributed by atoms with Crippen molar-refractivity contribution in [2.24, 2.45) is 0 Å². The van der Waals surface area contributed by atoms with Gasteiger partial charge in [0.1, 0.15) is 0 Å². The van der Waals surface area contributed by atoms with E-state index in [1.54, 1.807) is 0 Å². The van der Waals surface area contributed by atoms with E-state index >= 15 is 0 Å². The lowest BCUT2D eigenvalue weighted by molar-refractivity contribution is 0.0910. The zero-order chi connectivity index (χ0) is 15.6. The van der Waals surface area contributed by atoms with Crippen LogP contribution < -0.4 is 10.6 Å². The Morgan fingerprint density at radius 2 is 2.04 bits per heavy atom. The quantitative estimate of drug-likeness (QED) is 0.852. The molecule has 4 rings (SSSR count). The summed E-state index contributed by atoms with van der Waals surface area (Å²) in [4.78, 5) is 15.0. The average molecular weight is 318 g/mol. The molecule has 0 bridgehead atoms. The molecule has 2 atom stereocenters. The molecule has 126 valence electrons. The molecule has 3 saturated heterocycles. The van der Waals surface area contributed by atoms with Gasteiger partial charge in [-0.1, -0.05) is 11.6 Å². The number of rotatable bonds is 3. The first-order chi connectivity index (χ1) is 11.3. The SMILES string of the molecule is O=C(NC1CCN2CCCCC12)c1cn(C2CCNCC2)nn1. The maximum Gasteiger partial charge on any atom is 0.273 e. The summed E-state index contributed by atoms with van der Waals surface area (Å²) in [5, 5.41) is 14.8. The monoisotopic (exact) mass is 318 g/mol. The maximum absolute atomic E-state index is 12.5. The predicted octanol–water partition coefficient (Wildman–Crippen LogP) is 0.559. The topological polar surface area (TPSA) is 75.1 Å². The van der Waals surface area contributed by atoms with E-state index in [0.717, 1.165) is 38.9 Å². The molecule has 2 unspecified atom stereocenters. The number of nitrogens with one attached hydrogen (secondary N) is 2. The van der Waals surface area contributed by atoms with Crippen molar-refractivity contribution in [1.29, 1.82) is 0 Å². The molecule has 0 aromatic carbocycles. The third-order valence-corrected chi connectivity index (χ3v) is 5.60. The highest BCUT2D eigenvalue weighted by atomic mass is 16.2. The van der Waals surface area contributed by atoms with Crippen LogP contribution in [-0.2, 0) is 0 Å². The summed E-state index contributed by atoms with van der Waals surface area (Å²) in [6.07, 6.45) is 8.74. The Balaban J connectivity index is 1.38. The van der Waals surface area contributed by atoms with Gasteiger partial charge in [-0.25, -0.2) is 4.68 Å². The van der Waals surface area contributed by atoms with Crippen LogP contribution >= 0.6 is 0 Å². The first kappa shape index (κ1) is 15.1. The molecule has 3 fully saturated rings. The third-order valence-electron chi connectivity index (χ3n) is 5.60. The highest BCUT2D eigenvalue weighted by molar-refractivity contribution is 5.92. The van der Waals surface area contributed by atoms with Crippen molar-refractivity contribution >= 4 is 5.91 Å². The molecule has 7 heteroatoms. The van der Waals surface area contributed by atoms with Gasteiger partial charge in [0.25, 0.3) is 5.91 Å². The Kier molecular flexibility index (Phi) is 4.31. The molecule has 3 aliphatic rings. The van der Waals surface area contributed by atoms with E-state index in [1.165, 1.54) is 25.8 Å². The van der Waals surface area contributed by atoms with Gasteiger partial charge in [0.15, 0.2) is 5.69 Å². The van der Waals surface area contributed by atoms with Crippen LogP contribution in [0.25, 0.3) is 0 Å². The molecular weight excluding hydrogens is 292 g/mol. The number of nitrogens with zero attached hydrogens (tertiary/aromatic N) is 4. The molecule has 1 aromatic heterocycles. The first-order valence-electron chi connectivity index (χ1n) is 8.99. The van der Waals surface area contributed by atoms with E-state index < -0.39 is 0 Å². The second kappa shape index (κ2) is 6.57. The third kappa shape index (κ3) is 3.12. The van der Waals surface area contributed by atoms with Gasteiger partial charge in [0.2, 0.25) is 0 Å². The summed E-state index contributed by atoms with van der Waals surface area (Å²) < 4.78 is 1.87. The molecule has 4 heterocycles. The van der Waals surface area contributed by atoms with Crippen molar-refractivity contribution in [3.8, 4) is 0 Å². The number of aromatic nitrogens is 3. The highest BCUT2D eigenvalue weighted by Crippen LogP contribution is 2.27. The summed E-state index contributed by atoms with van der Waals surface area (Å²) >= 11 is 0. The molecule has 7 nitrogen and oxygen atoms in total. The fourth-order valence-electron chi connectivity index (χ4n) is 4.29. The van der Waals surface area contributed by atoms with Crippen molar-refractivity contribution in [3.05, 3.63) is 11.9 Å². The first-order valence-corrected chi connectivity index (χ1v) is 8.99. The van der Waals surface area contributed by atoms with E-state index in [-0.39, 0.29) is 11.9 Å². The zero-order valence-corrected chi connectivity index (χ0v) is 13.6. The normalized spacial score (nSPS) is 29.4. The van der Waals surface area contributed by atoms with Gasteiger partial charge in [-0.3, -0.25) is 9.69 Å². The maximum atomic E-state index is 12.5. The van der Waals surface area contributed by atoms with E-state index in [9.17, 15) is 4.79 Å². The van der Waals surface area contributed by atoms with E-state index in [0.29, 0.717) is 17.8 Å². The minimum atomic E-state index is -0.0670. The zero-order valence-electron chi connectivity index (χ0n) is 13.6. The Morgan fingerprint density at radius 3 is 2.91 bits per heavy atom. The van der Waals surface area contributed by atoms with E-state index in [2.05, 4.69) is 25.8 Å². The summed E-state index contributed by atoms with van der Waals surface area (Å²) in [7, 11) is 0. The Morgan fingerprint density at radius 1 is 1.17 bits per heavy atom. The second-order valence-electron chi connectivity index (χ2n) is 7.03. The smallest absolute Gasteiger partial charge is 0.273 e. The van der Waals surface area contributed by atoms with Crippen LogP contribution in [0.4, 0.5) is 0 Å². The molecule has 2 N–H and O–H groups in total. The van der Waals surface area contributed by atoms with Gasteiger partial charge in [0, 0.05) is 18.6 Å². The van der Waals surface area contributed by atoms with Gasteiger partial charge in [-0.2, -0.15) is 0 Å². The van der Waals surface area contributed by atoms with Gasteiger partial charge >= 0.3 is 0 Å². The Bertz CT molecular complexity index is 553.